The average Bonchev–Trinajstić information content (AvgIpc) is 2.20. The molecule has 2 nitrogen and oxygen atoms in total. The largest absolute Gasteiger partial charge is 0.379 e. The Balaban J connectivity index is 2.87. The van der Waals surface area contributed by atoms with Crippen molar-refractivity contribution in [1.82, 2.24) is 0 Å². The minimum atomic E-state index is 0.612. The maximum absolute atomic E-state index is 5.58. The van der Waals surface area contributed by atoms with E-state index in [0.29, 0.717) is 5.92 Å². The zero-order chi connectivity index (χ0) is 11.4. The molecule has 0 heterocycles. The van der Waals surface area contributed by atoms with Gasteiger partial charge in [-0.05, 0) is 18.8 Å². The maximum atomic E-state index is 5.58. The molecule has 3 heteroatoms. The van der Waals surface area contributed by atoms with Gasteiger partial charge >= 0.3 is 0 Å². The van der Waals surface area contributed by atoms with Gasteiger partial charge in [0.25, 0.3) is 0 Å². The van der Waals surface area contributed by atoms with Gasteiger partial charge in [0.2, 0.25) is 0 Å². The quantitative estimate of drug-likeness (QED) is 0.404. The van der Waals surface area contributed by atoms with Crippen LogP contribution in [0.4, 0.5) is 0 Å². The predicted octanol–water partition coefficient (Wildman–Crippen LogP) is 3.47. The number of rotatable bonds is 11. The smallest absolute Gasteiger partial charge is 0.0700 e. The molecule has 15 heavy (non-hydrogen) atoms. The molecular formula is C12H25ClO2. The average molecular weight is 237 g/mol. The van der Waals surface area contributed by atoms with Gasteiger partial charge in [0.1, 0.15) is 0 Å². The highest BCUT2D eigenvalue weighted by atomic mass is 35.5. The summed E-state index contributed by atoms with van der Waals surface area (Å²) >= 11 is 5.58. The van der Waals surface area contributed by atoms with Gasteiger partial charge in [0.05, 0.1) is 13.2 Å². The third-order valence-electron chi connectivity index (χ3n) is 2.00. The molecule has 0 saturated heterocycles. The Morgan fingerprint density at radius 1 is 0.867 bits per heavy atom. The first kappa shape index (κ1) is 15.2. The summed E-state index contributed by atoms with van der Waals surface area (Å²) in [6.07, 6.45) is 4.70. The van der Waals surface area contributed by atoms with E-state index in [4.69, 9.17) is 21.1 Å². The van der Waals surface area contributed by atoms with Crippen LogP contribution in [0.3, 0.4) is 0 Å². The van der Waals surface area contributed by atoms with E-state index in [1.54, 1.807) is 0 Å². The van der Waals surface area contributed by atoms with E-state index in [0.717, 1.165) is 45.1 Å². The molecular weight excluding hydrogens is 212 g/mol. The molecule has 0 aromatic rings. The summed E-state index contributed by atoms with van der Waals surface area (Å²) in [7, 11) is 0. The molecule has 0 atom stereocenters. The van der Waals surface area contributed by atoms with Crippen LogP contribution < -0.4 is 0 Å². The molecule has 0 aliphatic heterocycles. The predicted molar refractivity (Wildman–Crippen MR) is 65.7 cm³/mol. The molecule has 0 bridgehead atoms. The fraction of sp³-hybridized carbons (Fsp3) is 1.00. The Hall–Kier alpha value is 0.210. The van der Waals surface area contributed by atoms with Crippen LogP contribution in [0.25, 0.3) is 0 Å². The molecule has 0 aromatic carbocycles. The highest BCUT2D eigenvalue weighted by Crippen LogP contribution is 2.01. The monoisotopic (exact) mass is 236 g/mol. The second kappa shape index (κ2) is 12.3. The molecule has 0 saturated carbocycles. The SMILES string of the molecule is CC(C)COCCOCCCCCCCl. The molecule has 0 aliphatic rings. The third kappa shape index (κ3) is 14.2. The third-order valence-corrected chi connectivity index (χ3v) is 2.26. The molecule has 0 spiro atoms. The van der Waals surface area contributed by atoms with Crippen molar-refractivity contribution in [3.63, 3.8) is 0 Å². The van der Waals surface area contributed by atoms with Crippen molar-refractivity contribution in [2.45, 2.75) is 39.5 Å². The lowest BCUT2D eigenvalue weighted by Crippen LogP contribution is -2.09. The van der Waals surface area contributed by atoms with Crippen LogP contribution in [-0.2, 0) is 9.47 Å². The minimum absolute atomic E-state index is 0.612. The summed E-state index contributed by atoms with van der Waals surface area (Å²) in [4.78, 5) is 0. The molecule has 0 rings (SSSR count). The Morgan fingerprint density at radius 3 is 2.20 bits per heavy atom. The highest BCUT2D eigenvalue weighted by molar-refractivity contribution is 6.17. The minimum Gasteiger partial charge on any atom is -0.379 e. The van der Waals surface area contributed by atoms with Crippen LogP contribution in [-0.4, -0.2) is 32.3 Å². The van der Waals surface area contributed by atoms with Gasteiger partial charge < -0.3 is 9.47 Å². The first-order valence-electron chi connectivity index (χ1n) is 5.98. The summed E-state index contributed by atoms with van der Waals surface area (Å²) < 4.78 is 10.8. The van der Waals surface area contributed by atoms with Crippen LogP contribution in [0.5, 0.6) is 0 Å². The van der Waals surface area contributed by atoms with Gasteiger partial charge in [-0.15, -0.1) is 11.6 Å². The zero-order valence-electron chi connectivity index (χ0n) is 10.1. The van der Waals surface area contributed by atoms with Crippen molar-refractivity contribution >= 4 is 11.6 Å². The zero-order valence-corrected chi connectivity index (χ0v) is 10.9. The van der Waals surface area contributed by atoms with Crippen LogP contribution in [0.15, 0.2) is 0 Å². The van der Waals surface area contributed by atoms with Crippen molar-refractivity contribution in [3.8, 4) is 0 Å². The second-order valence-corrected chi connectivity index (χ2v) is 4.56. The standard InChI is InChI=1S/C12H25ClO2/c1-12(2)11-15-10-9-14-8-6-4-3-5-7-13/h12H,3-11H2,1-2H3. The van der Waals surface area contributed by atoms with Crippen molar-refractivity contribution in [2.75, 3.05) is 32.3 Å². The van der Waals surface area contributed by atoms with E-state index < -0.39 is 0 Å². The number of hydrogen-bond acceptors (Lipinski definition) is 2. The van der Waals surface area contributed by atoms with E-state index in [2.05, 4.69) is 13.8 Å². The molecule has 0 fully saturated rings. The number of unbranched alkanes of at least 4 members (excludes halogenated alkanes) is 3. The number of alkyl halides is 1. The lowest BCUT2D eigenvalue weighted by molar-refractivity contribution is 0.0366. The van der Waals surface area contributed by atoms with Crippen LogP contribution in [0.2, 0.25) is 0 Å². The molecule has 92 valence electrons. The summed E-state index contributed by atoms with van der Waals surface area (Å²) in [5.41, 5.74) is 0. The van der Waals surface area contributed by atoms with E-state index >= 15 is 0 Å². The van der Waals surface area contributed by atoms with Gasteiger partial charge in [0.15, 0.2) is 0 Å². The lowest BCUT2D eigenvalue weighted by Gasteiger charge is -2.07. The summed E-state index contributed by atoms with van der Waals surface area (Å²) in [6.45, 7) is 7.43. The Bertz CT molecular complexity index is 118. The van der Waals surface area contributed by atoms with Crippen molar-refractivity contribution in [2.24, 2.45) is 5.92 Å². The first-order chi connectivity index (χ1) is 7.27. The van der Waals surface area contributed by atoms with Crippen LogP contribution >= 0.6 is 11.6 Å². The summed E-state index contributed by atoms with van der Waals surface area (Å²) in [5.74, 6) is 1.39. The Morgan fingerprint density at radius 2 is 1.53 bits per heavy atom. The Labute approximate surface area is 99.3 Å². The van der Waals surface area contributed by atoms with E-state index in [9.17, 15) is 0 Å². The summed E-state index contributed by atoms with van der Waals surface area (Å²) in [6, 6.07) is 0. The van der Waals surface area contributed by atoms with Gasteiger partial charge in [-0.2, -0.15) is 0 Å². The lowest BCUT2D eigenvalue weighted by atomic mass is 10.2. The molecule has 0 N–H and O–H groups in total. The van der Waals surface area contributed by atoms with Crippen LogP contribution in [0, 0.1) is 5.92 Å². The fourth-order valence-corrected chi connectivity index (χ4v) is 1.38. The van der Waals surface area contributed by atoms with E-state index in [1.807, 2.05) is 0 Å². The number of halogens is 1. The maximum Gasteiger partial charge on any atom is 0.0700 e. The van der Waals surface area contributed by atoms with Gasteiger partial charge in [-0.1, -0.05) is 26.7 Å². The first-order valence-corrected chi connectivity index (χ1v) is 6.52. The molecule has 0 amide bonds. The Kier molecular flexibility index (Phi) is 12.5. The molecule has 0 unspecified atom stereocenters. The van der Waals surface area contributed by atoms with Gasteiger partial charge in [-0.3, -0.25) is 0 Å². The van der Waals surface area contributed by atoms with Gasteiger partial charge in [-0.25, -0.2) is 0 Å². The molecule has 0 aliphatic carbocycles. The van der Waals surface area contributed by atoms with Crippen molar-refractivity contribution < 1.29 is 9.47 Å². The number of hydrogen-bond donors (Lipinski definition) is 0. The van der Waals surface area contributed by atoms with Crippen molar-refractivity contribution in [3.05, 3.63) is 0 Å². The number of ether oxygens (including phenoxy) is 2. The van der Waals surface area contributed by atoms with E-state index in [1.165, 1.54) is 12.8 Å². The van der Waals surface area contributed by atoms with Crippen molar-refractivity contribution in [1.29, 1.82) is 0 Å². The summed E-state index contributed by atoms with van der Waals surface area (Å²) in [5, 5.41) is 0. The molecule has 0 radical (unpaired) electrons. The normalized spacial score (nSPS) is 11.2. The van der Waals surface area contributed by atoms with E-state index in [-0.39, 0.29) is 0 Å². The second-order valence-electron chi connectivity index (χ2n) is 4.18. The fourth-order valence-electron chi connectivity index (χ4n) is 1.19. The van der Waals surface area contributed by atoms with Crippen LogP contribution in [0.1, 0.15) is 39.5 Å². The molecule has 0 aromatic heterocycles. The topological polar surface area (TPSA) is 18.5 Å². The highest BCUT2D eigenvalue weighted by Gasteiger charge is 1.94. The van der Waals surface area contributed by atoms with Gasteiger partial charge in [0, 0.05) is 19.1 Å².